The molecular weight excluding hydrogens is 597 g/mol. The van der Waals surface area contributed by atoms with Crippen molar-refractivity contribution in [3.8, 4) is 5.75 Å². The summed E-state index contributed by atoms with van der Waals surface area (Å²) >= 11 is 2.24. The van der Waals surface area contributed by atoms with Gasteiger partial charge in [0.15, 0.2) is 0 Å². The van der Waals surface area contributed by atoms with Crippen LogP contribution in [0.2, 0.25) is 0 Å². The van der Waals surface area contributed by atoms with Gasteiger partial charge in [0, 0.05) is 43.6 Å². The lowest BCUT2D eigenvalue weighted by Gasteiger charge is -2.27. The summed E-state index contributed by atoms with van der Waals surface area (Å²) < 4.78 is 17.4. The van der Waals surface area contributed by atoms with Gasteiger partial charge in [-0.2, -0.15) is 0 Å². The number of rotatable bonds is 13. The van der Waals surface area contributed by atoms with Crippen LogP contribution in [0.5, 0.6) is 5.75 Å². The molecule has 2 atom stereocenters. The molecule has 1 saturated heterocycles. The van der Waals surface area contributed by atoms with Crippen molar-refractivity contribution < 1.29 is 24.1 Å². The number of hydrogen-bond acceptors (Lipinski definition) is 7. The highest BCUT2D eigenvalue weighted by Gasteiger charge is 2.35. The highest BCUT2D eigenvalue weighted by molar-refractivity contribution is 14.1. The fraction of sp³-hybridized carbons (Fsp3) is 0.586. The van der Waals surface area contributed by atoms with Crippen LogP contribution in [0.3, 0.4) is 0 Å². The van der Waals surface area contributed by atoms with Crippen molar-refractivity contribution in [2.45, 2.75) is 74.7 Å². The molecule has 3 heterocycles. The average Bonchev–Trinajstić information content (AvgIpc) is 3.35. The van der Waals surface area contributed by atoms with Gasteiger partial charge in [-0.25, -0.2) is 4.98 Å². The van der Waals surface area contributed by atoms with E-state index in [-0.39, 0.29) is 9.71 Å². The number of anilines is 1. The van der Waals surface area contributed by atoms with Crippen molar-refractivity contribution >= 4 is 34.4 Å². The molecule has 2 N–H and O–H groups in total. The van der Waals surface area contributed by atoms with Crippen molar-refractivity contribution in [2.24, 2.45) is 0 Å². The van der Waals surface area contributed by atoms with Gasteiger partial charge in [-0.3, -0.25) is 9.69 Å². The quantitative estimate of drug-likeness (QED) is 0.172. The molecule has 0 aliphatic carbocycles. The zero-order valence-electron chi connectivity index (χ0n) is 22.7. The lowest BCUT2D eigenvalue weighted by Crippen LogP contribution is -2.34. The maximum absolute atomic E-state index is 12.4. The number of hydrogen-bond donors (Lipinski definition) is 2. The third kappa shape index (κ3) is 7.80. The lowest BCUT2D eigenvalue weighted by atomic mass is 9.99. The highest BCUT2D eigenvalue weighted by atomic mass is 127. The molecule has 2 aromatic rings. The van der Waals surface area contributed by atoms with E-state index in [2.05, 4.69) is 34.0 Å². The molecule has 1 aromatic heterocycles. The van der Waals surface area contributed by atoms with E-state index in [1.54, 1.807) is 7.11 Å². The van der Waals surface area contributed by atoms with Gasteiger partial charge in [0.25, 0.3) is 0 Å². The van der Waals surface area contributed by atoms with Crippen molar-refractivity contribution in [3.05, 3.63) is 52.7 Å². The first-order chi connectivity index (χ1) is 18.2. The van der Waals surface area contributed by atoms with Crippen LogP contribution in [0.15, 0.2) is 30.3 Å². The van der Waals surface area contributed by atoms with Gasteiger partial charge in [-0.1, -0.05) is 24.3 Å². The molecule has 208 valence electrons. The number of aryl methyl sites for hydroxylation is 1. The summed E-state index contributed by atoms with van der Waals surface area (Å²) in [5, 5.41) is 13.5. The normalized spacial score (nSPS) is 18.6. The Bertz CT molecular complexity index is 1070. The second-order valence-corrected chi connectivity index (χ2v) is 13.1. The Morgan fingerprint density at radius 1 is 1.32 bits per heavy atom. The van der Waals surface area contributed by atoms with Crippen LogP contribution < -0.4 is 10.1 Å². The number of carboxylic acid groups (broad SMARTS) is 1. The van der Waals surface area contributed by atoms with Crippen LogP contribution in [0.1, 0.15) is 68.0 Å². The number of ether oxygens (including phenoxy) is 3. The topological polar surface area (TPSA) is 93.2 Å². The van der Waals surface area contributed by atoms with Crippen LogP contribution in [0.25, 0.3) is 0 Å². The Kier molecular flexibility index (Phi) is 10.2. The Morgan fingerprint density at radius 3 is 2.89 bits per heavy atom. The zero-order chi connectivity index (χ0) is 27.1. The summed E-state index contributed by atoms with van der Waals surface area (Å²) in [6, 6.07) is 9.06. The standard InChI is InChI=1S/C29H40IN3O5/c1-29(2,30)38-19-20-9-4-5-11-23(20)26(28(34)35)33-15-13-22(18-33)37-16-7-6-10-21-17-25(36-3)24-12-8-14-31-27(24)32-21/h4-5,9,11,17,22,26H,6-8,10,12-16,18-19H2,1-3H3,(H,31,32)(H,34,35)/t22-,26-/m1/s1. The fourth-order valence-corrected chi connectivity index (χ4v) is 5.37. The van der Waals surface area contributed by atoms with E-state index in [1.165, 1.54) is 5.56 Å². The molecule has 2 aliphatic rings. The molecule has 0 radical (unpaired) electrons. The summed E-state index contributed by atoms with van der Waals surface area (Å²) in [6.07, 6.45) is 5.76. The minimum absolute atomic E-state index is 0.0414. The highest BCUT2D eigenvalue weighted by Crippen LogP contribution is 2.32. The monoisotopic (exact) mass is 637 g/mol. The first-order valence-corrected chi connectivity index (χ1v) is 14.6. The van der Waals surface area contributed by atoms with Crippen LogP contribution in [0.4, 0.5) is 5.82 Å². The molecule has 0 saturated carbocycles. The molecular formula is C29H40IN3O5. The number of unbranched alkanes of at least 4 members (excludes halogenated alkanes) is 1. The lowest BCUT2D eigenvalue weighted by molar-refractivity contribution is -0.143. The summed E-state index contributed by atoms with van der Waals surface area (Å²) in [5.74, 6) is 1.06. The van der Waals surface area contributed by atoms with E-state index in [4.69, 9.17) is 19.2 Å². The Balaban J connectivity index is 1.27. The molecule has 9 heteroatoms. The Morgan fingerprint density at radius 2 is 2.13 bits per heavy atom. The van der Waals surface area contributed by atoms with Gasteiger partial charge in [0.1, 0.15) is 21.2 Å². The third-order valence-corrected chi connectivity index (χ3v) is 7.44. The average molecular weight is 638 g/mol. The van der Waals surface area contributed by atoms with E-state index >= 15 is 0 Å². The Hall–Kier alpha value is -1.95. The number of nitrogens with one attached hydrogen (secondary N) is 1. The van der Waals surface area contributed by atoms with Crippen molar-refractivity contribution in [1.29, 1.82) is 0 Å². The smallest absolute Gasteiger partial charge is 0.325 e. The summed E-state index contributed by atoms with van der Waals surface area (Å²) in [4.78, 5) is 19.2. The van der Waals surface area contributed by atoms with Crippen LogP contribution in [-0.4, -0.2) is 64.0 Å². The first-order valence-electron chi connectivity index (χ1n) is 13.5. The number of likely N-dealkylation sites (tertiary alicyclic amines) is 1. The minimum atomic E-state index is -0.839. The third-order valence-electron chi connectivity index (χ3n) is 7.13. The number of nitrogens with zero attached hydrogens (tertiary/aromatic N) is 2. The molecule has 1 fully saturated rings. The number of methoxy groups -OCH3 is 1. The number of aromatic nitrogens is 1. The van der Waals surface area contributed by atoms with Crippen molar-refractivity contribution in [3.63, 3.8) is 0 Å². The fourth-order valence-electron chi connectivity index (χ4n) is 5.22. The number of aliphatic carboxylic acids is 1. The van der Waals surface area contributed by atoms with Crippen LogP contribution in [-0.2, 0) is 33.7 Å². The Labute approximate surface area is 239 Å². The van der Waals surface area contributed by atoms with E-state index in [0.717, 1.165) is 73.5 Å². The predicted octanol–water partition coefficient (Wildman–Crippen LogP) is 5.38. The zero-order valence-corrected chi connectivity index (χ0v) is 24.8. The number of alkyl halides is 1. The van der Waals surface area contributed by atoms with E-state index in [0.29, 0.717) is 26.3 Å². The van der Waals surface area contributed by atoms with E-state index in [9.17, 15) is 9.90 Å². The molecule has 4 rings (SSSR count). The maximum atomic E-state index is 12.4. The van der Waals surface area contributed by atoms with Gasteiger partial charge < -0.3 is 24.6 Å². The summed E-state index contributed by atoms with van der Waals surface area (Å²) in [5.41, 5.74) is 3.93. The predicted molar refractivity (Wildman–Crippen MR) is 156 cm³/mol. The van der Waals surface area contributed by atoms with Crippen LogP contribution in [0, 0.1) is 0 Å². The molecule has 0 spiro atoms. The number of halogens is 1. The molecule has 2 aliphatic heterocycles. The number of pyridine rings is 1. The molecule has 38 heavy (non-hydrogen) atoms. The summed E-state index contributed by atoms with van der Waals surface area (Å²) in [7, 11) is 1.72. The van der Waals surface area contributed by atoms with Gasteiger partial charge >= 0.3 is 5.97 Å². The minimum Gasteiger partial charge on any atom is -0.496 e. The van der Waals surface area contributed by atoms with Gasteiger partial charge in [-0.05, 0) is 86.1 Å². The molecule has 8 nitrogen and oxygen atoms in total. The molecule has 0 amide bonds. The molecule has 0 bridgehead atoms. The number of carbonyl (C=O) groups is 1. The number of carboxylic acids is 1. The van der Waals surface area contributed by atoms with Gasteiger partial charge in [-0.15, -0.1) is 0 Å². The first kappa shape index (κ1) is 29.0. The van der Waals surface area contributed by atoms with Gasteiger partial charge in [0.2, 0.25) is 0 Å². The number of benzene rings is 1. The maximum Gasteiger partial charge on any atom is 0.325 e. The van der Waals surface area contributed by atoms with E-state index in [1.807, 2.05) is 43.0 Å². The van der Waals surface area contributed by atoms with Crippen molar-refractivity contribution in [2.75, 3.05) is 38.7 Å². The molecule has 0 unspecified atom stereocenters. The number of fused-ring (bicyclic) bond motifs is 1. The second kappa shape index (κ2) is 13.4. The second-order valence-electron chi connectivity index (χ2n) is 10.5. The largest absolute Gasteiger partial charge is 0.496 e. The summed E-state index contributed by atoms with van der Waals surface area (Å²) in [6.45, 7) is 7.28. The SMILES string of the molecule is COc1cc(CCCCO[C@@H]2CCN([C@@H](C(=O)O)c3ccccc3COC(C)(C)I)C2)nc2c1CCCN2. The van der Waals surface area contributed by atoms with E-state index < -0.39 is 12.0 Å². The molecule has 1 aromatic carbocycles. The van der Waals surface area contributed by atoms with Gasteiger partial charge in [0.05, 0.1) is 19.8 Å². The van der Waals surface area contributed by atoms with Crippen molar-refractivity contribution in [1.82, 2.24) is 9.88 Å². The van der Waals surface area contributed by atoms with Crippen LogP contribution >= 0.6 is 22.6 Å².